The molecule has 1 amide bonds. The third kappa shape index (κ3) is 4.07. The number of aryl methyl sites for hydroxylation is 2. The lowest BCUT2D eigenvalue weighted by molar-refractivity contribution is -0.148. The van der Waals surface area contributed by atoms with E-state index in [9.17, 15) is 14.7 Å². The number of hydrogen-bond acceptors (Lipinski definition) is 3. The Hall–Kier alpha value is -2.34. The number of carboxylic acid groups (broad SMARTS) is 1. The molecule has 0 aliphatic carbocycles. The van der Waals surface area contributed by atoms with Crippen LogP contribution in [-0.4, -0.2) is 26.8 Å². The Morgan fingerprint density at radius 3 is 2.38 bits per heavy atom. The van der Waals surface area contributed by atoms with Crippen LogP contribution >= 0.6 is 11.6 Å². The van der Waals surface area contributed by atoms with Gasteiger partial charge in [0.1, 0.15) is 0 Å². The second-order valence-corrected chi connectivity index (χ2v) is 6.98. The summed E-state index contributed by atoms with van der Waals surface area (Å²) >= 11 is 5.90. The van der Waals surface area contributed by atoms with Crippen molar-refractivity contribution in [2.45, 2.75) is 52.1 Å². The van der Waals surface area contributed by atoms with Gasteiger partial charge in [-0.25, -0.2) is 4.79 Å². The first-order chi connectivity index (χ1) is 12.2. The molecule has 1 aromatic heterocycles. The number of hydrogen-bond donors (Lipinski definition) is 2. The van der Waals surface area contributed by atoms with Crippen molar-refractivity contribution in [3.63, 3.8) is 0 Å². The summed E-state index contributed by atoms with van der Waals surface area (Å²) in [6, 6.07) is 8.26. The predicted molar refractivity (Wildman–Crippen MR) is 100 cm³/mol. The summed E-state index contributed by atoms with van der Waals surface area (Å²) in [5.74, 6) is -1.45. The lowest BCUT2D eigenvalue weighted by Crippen LogP contribution is -2.51. The zero-order valence-electron chi connectivity index (χ0n) is 15.4. The summed E-state index contributed by atoms with van der Waals surface area (Å²) in [4.78, 5) is 24.6. The minimum Gasteiger partial charge on any atom is -0.479 e. The van der Waals surface area contributed by atoms with Crippen molar-refractivity contribution >= 4 is 23.5 Å². The van der Waals surface area contributed by atoms with Crippen LogP contribution in [0.4, 0.5) is 0 Å². The Labute approximate surface area is 158 Å². The highest BCUT2D eigenvalue weighted by atomic mass is 35.5. The number of benzene rings is 1. The number of nitrogens with one attached hydrogen (secondary N) is 1. The molecule has 140 valence electrons. The number of halogens is 1. The van der Waals surface area contributed by atoms with Gasteiger partial charge in [0.2, 0.25) is 5.91 Å². The van der Waals surface area contributed by atoms with E-state index in [0.29, 0.717) is 10.6 Å². The molecule has 2 atom stereocenters. The highest BCUT2D eigenvalue weighted by molar-refractivity contribution is 6.30. The van der Waals surface area contributed by atoms with Gasteiger partial charge in [-0.15, -0.1) is 0 Å². The van der Waals surface area contributed by atoms with E-state index in [1.165, 1.54) is 0 Å². The molecule has 2 N–H and O–H groups in total. The summed E-state index contributed by atoms with van der Waals surface area (Å²) in [5.41, 5.74) is 0.838. The molecular weight excluding hydrogens is 354 g/mol. The van der Waals surface area contributed by atoms with Gasteiger partial charge in [0, 0.05) is 17.1 Å². The van der Waals surface area contributed by atoms with Crippen molar-refractivity contribution < 1.29 is 14.7 Å². The molecule has 6 nitrogen and oxygen atoms in total. The molecule has 1 heterocycles. The van der Waals surface area contributed by atoms with Crippen molar-refractivity contribution in [3.8, 4) is 0 Å². The standard InChI is InChI=1S/C19H24ClN3O3/c1-5-19(18(25)26,15-6-8-16(20)9-7-15)21-17(24)11-14(4)23-13(3)10-12(2)22-23/h6-10,14H,5,11H2,1-4H3,(H,21,24)(H,25,26). The van der Waals surface area contributed by atoms with Gasteiger partial charge in [0.25, 0.3) is 0 Å². The van der Waals surface area contributed by atoms with Crippen LogP contribution in [0.5, 0.6) is 0 Å². The van der Waals surface area contributed by atoms with Crippen LogP contribution in [-0.2, 0) is 15.1 Å². The van der Waals surface area contributed by atoms with Gasteiger partial charge in [0.15, 0.2) is 5.54 Å². The van der Waals surface area contributed by atoms with Crippen molar-refractivity contribution in [2.75, 3.05) is 0 Å². The van der Waals surface area contributed by atoms with Crippen LogP contribution in [0.1, 0.15) is 49.7 Å². The fraction of sp³-hybridized carbons (Fsp3) is 0.421. The van der Waals surface area contributed by atoms with Gasteiger partial charge < -0.3 is 10.4 Å². The zero-order chi connectivity index (χ0) is 19.5. The van der Waals surface area contributed by atoms with E-state index in [4.69, 9.17) is 11.6 Å². The summed E-state index contributed by atoms with van der Waals surface area (Å²) in [6.07, 6.45) is 0.342. The monoisotopic (exact) mass is 377 g/mol. The molecule has 0 saturated heterocycles. The smallest absolute Gasteiger partial charge is 0.334 e. The second-order valence-electron chi connectivity index (χ2n) is 6.54. The van der Waals surface area contributed by atoms with E-state index in [1.54, 1.807) is 35.9 Å². The molecule has 2 aromatic rings. The Balaban J connectivity index is 2.22. The molecule has 26 heavy (non-hydrogen) atoms. The van der Waals surface area contributed by atoms with Gasteiger partial charge >= 0.3 is 5.97 Å². The lowest BCUT2D eigenvalue weighted by Gasteiger charge is -2.30. The normalized spacial score (nSPS) is 14.5. The van der Waals surface area contributed by atoms with Crippen LogP contribution in [0.3, 0.4) is 0 Å². The van der Waals surface area contributed by atoms with Crippen molar-refractivity contribution in [1.82, 2.24) is 15.1 Å². The molecule has 0 bridgehead atoms. The highest BCUT2D eigenvalue weighted by Crippen LogP contribution is 2.28. The largest absolute Gasteiger partial charge is 0.479 e. The van der Waals surface area contributed by atoms with Gasteiger partial charge in [-0.05, 0) is 51.0 Å². The number of rotatable bonds is 7. The Morgan fingerprint density at radius 1 is 1.31 bits per heavy atom. The molecule has 2 unspecified atom stereocenters. The minimum absolute atomic E-state index is 0.130. The molecule has 0 spiro atoms. The number of carbonyl (C=O) groups excluding carboxylic acids is 1. The van der Waals surface area contributed by atoms with Gasteiger partial charge in [-0.3, -0.25) is 9.48 Å². The van der Waals surface area contributed by atoms with E-state index < -0.39 is 11.5 Å². The summed E-state index contributed by atoms with van der Waals surface area (Å²) in [6.45, 7) is 7.43. The molecule has 2 rings (SSSR count). The highest BCUT2D eigenvalue weighted by Gasteiger charge is 2.40. The van der Waals surface area contributed by atoms with E-state index in [0.717, 1.165) is 11.4 Å². The zero-order valence-corrected chi connectivity index (χ0v) is 16.2. The van der Waals surface area contributed by atoms with Gasteiger partial charge in [0.05, 0.1) is 11.7 Å². The number of aliphatic carboxylic acids is 1. The van der Waals surface area contributed by atoms with Crippen LogP contribution in [0, 0.1) is 13.8 Å². The third-order valence-electron chi connectivity index (χ3n) is 4.53. The van der Waals surface area contributed by atoms with Crippen molar-refractivity contribution in [3.05, 3.63) is 52.3 Å². The number of aromatic nitrogens is 2. The van der Waals surface area contributed by atoms with Crippen LogP contribution in [0.2, 0.25) is 5.02 Å². The second kappa shape index (κ2) is 7.91. The molecule has 0 fully saturated rings. The van der Waals surface area contributed by atoms with Crippen LogP contribution < -0.4 is 5.32 Å². The van der Waals surface area contributed by atoms with E-state index in [1.807, 2.05) is 26.8 Å². The van der Waals surface area contributed by atoms with E-state index in [-0.39, 0.29) is 24.8 Å². The van der Waals surface area contributed by atoms with Crippen molar-refractivity contribution in [1.29, 1.82) is 0 Å². The maximum Gasteiger partial charge on any atom is 0.334 e. The average Bonchev–Trinajstić information content (AvgIpc) is 2.91. The maximum atomic E-state index is 12.6. The molecule has 7 heteroatoms. The molecule has 1 aromatic carbocycles. The first-order valence-corrected chi connectivity index (χ1v) is 8.90. The molecule has 0 saturated carbocycles. The first kappa shape index (κ1) is 20.0. The van der Waals surface area contributed by atoms with Gasteiger partial charge in [-0.1, -0.05) is 30.7 Å². The molecule has 0 radical (unpaired) electrons. The van der Waals surface area contributed by atoms with Crippen LogP contribution in [0.25, 0.3) is 0 Å². The van der Waals surface area contributed by atoms with E-state index >= 15 is 0 Å². The number of amides is 1. The van der Waals surface area contributed by atoms with Crippen molar-refractivity contribution in [2.24, 2.45) is 0 Å². The Kier molecular flexibility index (Phi) is 6.08. The molecular formula is C19H24ClN3O3. The minimum atomic E-state index is -1.49. The Morgan fingerprint density at radius 2 is 1.92 bits per heavy atom. The average molecular weight is 378 g/mol. The first-order valence-electron chi connectivity index (χ1n) is 8.52. The number of nitrogens with zero attached hydrogens (tertiary/aromatic N) is 2. The quantitative estimate of drug-likeness (QED) is 0.771. The lowest BCUT2D eigenvalue weighted by atomic mass is 9.87. The maximum absolute atomic E-state index is 12.6. The fourth-order valence-corrected chi connectivity index (χ4v) is 3.29. The summed E-state index contributed by atoms with van der Waals surface area (Å²) in [5, 5.41) is 17.4. The number of carboxylic acids is 1. The summed E-state index contributed by atoms with van der Waals surface area (Å²) in [7, 11) is 0. The van der Waals surface area contributed by atoms with Crippen LogP contribution in [0.15, 0.2) is 30.3 Å². The molecule has 0 aliphatic rings. The topological polar surface area (TPSA) is 84.2 Å². The number of carbonyl (C=O) groups is 2. The summed E-state index contributed by atoms with van der Waals surface area (Å²) < 4.78 is 1.78. The predicted octanol–water partition coefficient (Wildman–Crippen LogP) is 3.61. The van der Waals surface area contributed by atoms with Gasteiger partial charge in [-0.2, -0.15) is 5.10 Å². The Bertz CT molecular complexity index is 801. The third-order valence-corrected chi connectivity index (χ3v) is 4.78. The fourth-order valence-electron chi connectivity index (χ4n) is 3.16. The SMILES string of the molecule is CCC(NC(=O)CC(C)n1nc(C)cc1C)(C(=O)O)c1ccc(Cl)cc1. The molecule has 0 aliphatic heterocycles. The van der Waals surface area contributed by atoms with E-state index in [2.05, 4.69) is 10.4 Å².